The molecule has 0 aromatic carbocycles. The molecule has 1 aromatic heterocycles. The molecular formula is C24H35F3N4O3. The van der Waals surface area contributed by atoms with Crippen molar-refractivity contribution in [2.45, 2.75) is 88.9 Å². The smallest absolute Gasteiger partial charge is 0.389 e. The summed E-state index contributed by atoms with van der Waals surface area (Å²) >= 11 is 0. The lowest BCUT2D eigenvalue weighted by Gasteiger charge is -2.24. The lowest BCUT2D eigenvalue weighted by molar-refractivity contribution is -0.143. The molecule has 0 bridgehead atoms. The van der Waals surface area contributed by atoms with Crippen LogP contribution in [0, 0.1) is 0 Å². The summed E-state index contributed by atoms with van der Waals surface area (Å²) < 4.78 is 36.7. The lowest BCUT2D eigenvalue weighted by Crippen LogP contribution is -2.43. The third-order valence-electron chi connectivity index (χ3n) is 6.35. The van der Waals surface area contributed by atoms with Gasteiger partial charge in [0.05, 0.1) is 0 Å². The summed E-state index contributed by atoms with van der Waals surface area (Å²) in [4.78, 5) is 30.5. The van der Waals surface area contributed by atoms with Crippen LogP contribution >= 0.6 is 0 Å². The third-order valence-corrected chi connectivity index (χ3v) is 6.35. The van der Waals surface area contributed by atoms with Crippen LogP contribution in [0.25, 0.3) is 0 Å². The first-order valence-corrected chi connectivity index (χ1v) is 12.3. The highest BCUT2D eigenvalue weighted by molar-refractivity contribution is 5.83. The first kappa shape index (κ1) is 26.2. The van der Waals surface area contributed by atoms with Crippen LogP contribution in [0.3, 0.4) is 0 Å². The van der Waals surface area contributed by atoms with E-state index in [-0.39, 0.29) is 19.3 Å². The molecule has 34 heavy (non-hydrogen) atoms. The van der Waals surface area contributed by atoms with Gasteiger partial charge in [-0.1, -0.05) is 6.07 Å². The molecule has 1 unspecified atom stereocenters. The number of carboxylic acid groups (broad SMARTS) is 1. The molecule has 7 nitrogen and oxygen atoms in total. The minimum absolute atomic E-state index is 0.231. The number of amides is 1. The van der Waals surface area contributed by atoms with Gasteiger partial charge in [0, 0.05) is 37.7 Å². The number of unbranched alkanes of at least 4 members (excludes halogenated alkanes) is 1. The molecule has 1 saturated carbocycles. The molecule has 1 aliphatic carbocycles. The number of rotatable bonds is 14. The zero-order valence-electron chi connectivity index (χ0n) is 19.5. The number of hydrogen-bond acceptors (Lipinski definition) is 5. The monoisotopic (exact) mass is 484 g/mol. The highest BCUT2D eigenvalue weighted by Crippen LogP contribution is 2.28. The first-order valence-electron chi connectivity index (χ1n) is 12.3. The number of pyridine rings is 1. The topological polar surface area (TPSA) is 94.6 Å². The van der Waals surface area contributed by atoms with Gasteiger partial charge in [-0.15, -0.1) is 0 Å². The standard InChI is InChI=1S/C24H35F3N4O3/c25-24(26,27)13-3-7-21(32)30-20(23(33)34)12-16-31(19-10-11-19)15-2-1-6-18-9-8-17-5-4-14-28-22(17)29-18/h8-9,19-20H,1-7,10-16H2,(H,28,29)(H,30,32)(H,33,34). The number of nitrogens with zero attached hydrogens (tertiary/aromatic N) is 2. The summed E-state index contributed by atoms with van der Waals surface area (Å²) in [6, 6.07) is 3.61. The molecule has 2 aliphatic rings. The fraction of sp³-hybridized carbons (Fsp3) is 0.708. The molecule has 1 fully saturated rings. The average Bonchev–Trinajstić information content (AvgIpc) is 3.62. The Morgan fingerprint density at radius 3 is 2.71 bits per heavy atom. The van der Waals surface area contributed by atoms with Gasteiger partial charge < -0.3 is 20.6 Å². The number of aromatic nitrogens is 1. The molecule has 3 rings (SSSR count). The maximum atomic E-state index is 12.2. The predicted molar refractivity (Wildman–Crippen MR) is 123 cm³/mol. The Morgan fingerprint density at radius 1 is 1.21 bits per heavy atom. The molecule has 1 amide bonds. The molecule has 1 atom stereocenters. The Morgan fingerprint density at radius 2 is 2.00 bits per heavy atom. The van der Waals surface area contributed by atoms with Crippen molar-refractivity contribution in [1.82, 2.24) is 15.2 Å². The number of hydrogen-bond donors (Lipinski definition) is 3. The van der Waals surface area contributed by atoms with Gasteiger partial charge in [0.15, 0.2) is 0 Å². The molecule has 3 N–H and O–H groups in total. The van der Waals surface area contributed by atoms with Gasteiger partial charge in [-0.3, -0.25) is 4.79 Å². The normalized spacial score (nSPS) is 16.6. The van der Waals surface area contributed by atoms with Crippen molar-refractivity contribution in [2.75, 3.05) is 25.0 Å². The second kappa shape index (κ2) is 12.4. The molecular weight excluding hydrogens is 449 g/mol. The SMILES string of the molecule is O=C(CCCC(F)(F)F)NC(CCN(CCCCc1ccc2c(n1)NCCC2)C1CC1)C(=O)O. The number of halogens is 3. The number of nitrogens with one attached hydrogen (secondary N) is 2. The van der Waals surface area contributed by atoms with Crippen LogP contribution < -0.4 is 10.6 Å². The molecule has 10 heteroatoms. The number of anilines is 1. The fourth-order valence-corrected chi connectivity index (χ4v) is 4.31. The van der Waals surface area contributed by atoms with Gasteiger partial charge in [0.2, 0.25) is 5.91 Å². The first-order chi connectivity index (χ1) is 16.2. The van der Waals surface area contributed by atoms with Crippen LogP contribution in [0.4, 0.5) is 19.0 Å². The van der Waals surface area contributed by atoms with E-state index in [2.05, 4.69) is 27.7 Å². The molecule has 0 spiro atoms. The maximum Gasteiger partial charge on any atom is 0.389 e. The number of alkyl halides is 3. The second-order valence-corrected chi connectivity index (χ2v) is 9.28. The Balaban J connectivity index is 1.38. The van der Waals surface area contributed by atoms with Crippen molar-refractivity contribution in [3.05, 3.63) is 23.4 Å². The van der Waals surface area contributed by atoms with Crippen molar-refractivity contribution in [1.29, 1.82) is 0 Å². The van der Waals surface area contributed by atoms with Gasteiger partial charge in [-0.05, 0) is 76.0 Å². The van der Waals surface area contributed by atoms with Crippen LogP contribution in [0.2, 0.25) is 0 Å². The van der Waals surface area contributed by atoms with E-state index < -0.39 is 30.5 Å². The van der Waals surface area contributed by atoms with Gasteiger partial charge in [-0.25, -0.2) is 9.78 Å². The van der Waals surface area contributed by atoms with Crippen molar-refractivity contribution >= 4 is 17.7 Å². The summed E-state index contributed by atoms with van der Waals surface area (Å²) in [6.45, 7) is 2.34. The van der Waals surface area contributed by atoms with E-state index in [9.17, 15) is 27.9 Å². The highest BCUT2D eigenvalue weighted by atomic mass is 19.4. The van der Waals surface area contributed by atoms with Crippen molar-refractivity contribution in [3.8, 4) is 0 Å². The van der Waals surface area contributed by atoms with Gasteiger partial charge in [0.1, 0.15) is 11.9 Å². The van der Waals surface area contributed by atoms with Crippen molar-refractivity contribution in [3.63, 3.8) is 0 Å². The number of aryl methyl sites for hydroxylation is 2. The van der Waals surface area contributed by atoms with Crippen LogP contribution in [0.15, 0.2) is 12.1 Å². The van der Waals surface area contributed by atoms with Crippen LogP contribution in [-0.2, 0) is 22.4 Å². The Kier molecular flexibility index (Phi) is 9.55. The number of carbonyl (C=O) groups is 2. The molecule has 0 radical (unpaired) electrons. The van der Waals surface area contributed by atoms with E-state index in [1.165, 1.54) is 5.56 Å². The average molecular weight is 485 g/mol. The molecule has 190 valence electrons. The van der Waals surface area contributed by atoms with E-state index in [0.717, 1.165) is 69.5 Å². The number of carboxylic acids is 1. The summed E-state index contributed by atoms with van der Waals surface area (Å²) in [7, 11) is 0. The predicted octanol–water partition coefficient (Wildman–Crippen LogP) is 3.92. The van der Waals surface area contributed by atoms with Gasteiger partial charge >= 0.3 is 12.1 Å². The van der Waals surface area contributed by atoms with E-state index in [1.807, 2.05) is 0 Å². The minimum Gasteiger partial charge on any atom is -0.480 e. The number of carbonyl (C=O) groups excluding carboxylic acids is 1. The van der Waals surface area contributed by atoms with Crippen molar-refractivity contribution in [2.24, 2.45) is 0 Å². The van der Waals surface area contributed by atoms with Crippen molar-refractivity contribution < 1.29 is 27.9 Å². The Hall–Kier alpha value is -2.36. The Labute approximate surface area is 198 Å². The van der Waals surface area contributed by atoms with E-state index in [4.69, 9.17) is 4.98 Å². The summed E-state index contributed by atoms with van der Waals surface area (Å²) in [5, 5.41) is 15.2. The van der Waals surface area contributed by atoms with Gasteiger partial charge in [-0.2, -0.15) is 13.2 Å². The van der Waals surface area contributed by atoms with Gasteiger partial charge in [0.25, 0.3) is 0 Å². The second-order valence-electron chi connectivity index (χ2n) is 9.28. The summed E-state index contributed by atoms with van der Waals surface area (Å²) in [5.74, 6) is -0.808. The molecule has 1 aromatic rings. The molecule has 0 saturated heterocycles. The number of fused-ring (bicyclic) bond motifs is 1. The largest absolute Gasteiger partial charge is 0.480 e. The summed E-state index contributed by atoms with van der Waals surface area (Å²) in [6.07, 6.45) is 1.39. The summed E-state index contributed by atoms with van der Waals surface area (Å²) in [5.41, 5.74) is 2.35. The highest BCUT2D eigenvalue weighted by Gasteiger charge is 2.30. The van der Waals surface area contributed by atoms with Crippen LogP contribution in [0.5, 0.6) is 0 Å². The third kappa shape index (κ3) is 9.12. The quantitative estimate of drug-likeness (QED) is 0.347. The van der Waals surface area contributed by atoms with E-state index in [0.29, 0.717) is 12.6 Å². The Bertz CT molecular complexity index is 830. The zero-order chi connectivity index (χ0) is 24.6. The molecule has 1 aliphatic heterocycles. The molecule has 2 heterocycles. The van der Waals surface area contributed by atoms with Crippen LogP contribution in [-0.4, -0.2) is 64.8 Å². The van der Waals surface area contributed by atoms with E-state index >= 15 is 0 Å². The van der Waals surface area contributed by atoms with E-state index in [1.54, 1.807) is 0 Å². The lowest BCUT2D eigenvalue weighted by atomic mass is 10.1. The van der Waals surface area contributed by atoms with Crippen LogP contribution in [0.1, 0.15) is 69.0 Å². The fourth-order valence-electron chi connectivity index (χ4n) is 4.31. The zero-order valence-corrected chi connectivity index (χ0v) is 19.5. The maximum absolute atomic E-state index is 12.2. The number of aliphatic carboxylic acids is 1. The minimum atomic E-state index is -4.32.